The monoisotopic (exact) mass is 263 g/mol. The first-order valence-corrected chi connectivity index (χ1v) is 7.32. The van der Waals surface area contributed by atoms with Gasteiger partial charge in [0.15, 0.2) is 9.84 Å². The van der Waals surface area contributed by atoms with Crippen LogP contribution in [0.15, 0.2) is 0 Å². The Balaban J connectivity index is 2.33. The molecule has 0 radical (unpaired) electrons. The van der Waals surface area contributed by atoms with E-state index < -0.39 is 21.7 Å². The Kier molecular flexibility index (Phi) is 4.50. The summed E-state index contributed by atoms with van der Waals surface area (Å²) in [6, 6.07) is 0. The molecule has 0 aromatic carbocycles. The van der Waals surface area contributed by atoms with E-state index in [1.165, 1.54) is 0 Å². The third-order valence-corrected chi connectivity index (χ3v) is 4.52. The van der Waals surface area contributed by atoms with Crippen molar-refractivity contribution in [3.05, 3.63) is 0 Å². The Bertz CT molecular complexity index is 403. The number of amides is 1. The lowest BCUT2D eigenvalue weighted by atomic mass is 10.1. The van der Waals surface area contributed by atoms with Gasteiger partial charge >= 0.3 is 5.97 Å². The third kappa shape index (κ3) is 4.72. The fraction of sp³-hybridized carbons (Fsp3) is 0.800. The number of rotatable bonds is 5. The largest absolute Gasteiger partial charge is 0.481 e. The SMILES string of the molecule is CC(CNC(=O)C1CCS(=O)(=O)C1)CC(=O)O. The molecular formula is C10H17NO5S. The van der Waals surface area contributed by atoms with Crippen molar-refractivity contribution >= 4 is 21.7 Å². The Hall–Kier alpha value is -1.11. The summed E-state index contributed by atoms with van der Waals surface area (Å²) >= 11 is 0. The predicted molar refractivity (Wildman–Crippen MR) is 61.2 cm³/mol. The van der Waals surface area contributed by atoms with Gasteiger partial charge < -0.3 is 10.4 Å². The van der Waals surface area contributed by atoms with Gasteiger partial charge in [-0.1, -0.05) is 6.92 Å². The zero-order chi connectivity index (χ0) is 13.1. The summed E-state index contributed by atoms with van der Waals surface area (Å²) in [6.45, 7) is 1.99. The van der Waals surface area contributed by atoms with Gasteiger partial charge in [0, 0.05) is 13.0 Å². The lowest BCUT2D eigenvalue weighted by Gasteiger charge is -2.12. The maximum atomic E-state index is 11.6. The van der Waals surface area contributed by atoms with Gasteiger partial charge in [0.05, 0.1) is 17.4 Å². The molecule has 0 bridgehead atoms. The maximum Gasteiger partial charge on any atom is 0.303 e. The summed E-state index contributed by atoms with van der Waals surface area (Å²) in [6.07, 6.45) is 0.352. The number of carboxylic acid groups (broad SMARTS) is 1. The molecule has 2 N–H and O–H groups in total. The van der Waals surface area contributed by atoms with Crippen molar-refractivity contribution in [2.75, 3.05) is 18.1 Å². The second-order valence-electron chi connectivity index (χ2n) is 4.55. The smallest absolute Gasteiger partial charge is 0.303 e. The van der Waals surface area contributed by atoms with E-state index in [4.69, 9.17) is 5.11 Å². The molecule has 2 unspecified atom stereocenters. The molecule has 2 atom stereocenters. The predicted octanol–water partition coefficient (Wildman–Crippen LogP) is -0.352. The van der Waals surface area contributed by atoms with Crippen LogP contribution in [-0.2, 0) is 19.4 Å². The number of sulfone groups is 1. The highest BCUT2D eigenvalue weighted by Crippen LogP contribution is 2.18. The van der Waals surface area contributed by atoms with E-state index >= 15 is 0 Å². The first kappa shape index (κ1) is 14.0. The molecule has 6 nitrogen and oxygen atoms in total. The Morgan fingerprint density at radius 2 is 2.12 bits per heavy atom. The summed E-state index contributed by atoms with van der Waals surface area (Å²) in [5.74, 6) is -1.85. The highest BCUT2D eigenvalue weighted by atomic mass is 32.2. The molecule has 0 spiro atoms. The first-order valence-electron chi connectivity index (χ1n) is 5.50. The van der Waals surface area contributed by atoms with Crippen molar-refractivity contribution in [1.29, 1.82) is 0 Å². The van der Waals surface area contributed by atoms with Gasteiger partial charge in [0.1, 0.15) is 0 Å². The van der Waals surface area contributed by atoms with Crippen molar-refractivity contribution in [1.82, 2.24) is 5.32 Å². The Morgan fingerprint density at radius 3 is 2.59 bits per heavy atom. The normalized spacial score (nSPS) is 24.2. The minimum Gasteiger partial charge on any atom is -0.481 e. The van der Waals surface area contributed by atoms with Crippen LogP contribution < -0.4 is 5.32 Å². The minimum atomic E-state index is -3.05. The van der Waals surface area contributed by atoms with E-state index in [0.29, 0.717) is 6.42 Å². The fourth-order valence-electron chi connectivity index (χ4n) is 1.79. The second kappa shape index (κ2) is 5.48. The van der Waals surface area contributed by atoms with Crippen LogP contribution in [0, 0.1) is 11.8 Å². The number of hydrogen-bond donors (Lipinski definition) is 2. The van der Waals surface area contributed by atoms with Gasteiger partial charge in [-0.3, -0.25) is 9.59 Å². The van der Waals surface area contributed by atoms with E-state index in [-0.39, 0.29) is 36.3 Å². The van der Waals surface area contributed by atoms with Gasteiger partial charge in [-0.15, -0.1) is 0 Å². The van der Waals surface area contributed by atoms with Gasteiger partial charge in [-0.05, 0) is 12.3 Å². The number of nitrogens with one attached hydrogen (secondary N) is 1. The van der Waals surface area contributed by atoms with Crippen LogP contribution in [0.1, 0.15) is 19.8 Å². The highest BCUT2D eigenvalue weighted by Gasteiger charge is 2.32. The molecule has 1 rings (SSSR count). The van der Waals surface area contributed by atoms with Crippen LogP contribution in [0.3, 0.4) is 0 Å². The maximum absolute atomic E-state index is 11.6. The summed E-state index contributed by atoms with van der Waals surface area (Å²) in [5, 5.41) is 11.1. The molecule has 0 aromatic heterocycles. The van der Waals surface area contributed by atoms with Crippen LogP contribution >= 0.6 is 0 Å². The highest BCUT2D eigenvalue weighted by molar-refractivity contribution is 7.91. The van der Waals surface area contributed by atoms with E-state index in [1.54, 1.807) is 6.92 Å². The topological polar surface area (TPSA) is 101 Å². The van der Waals surface area contributed by atoms with Gasteiger partial charge in [0.25, 0.3) is 0 Å². The number of carboxylic acids is 1. The number of hydrogen-bond acceptors (Lipinski definition) is 4. The zero-order valence-corrected chi connectivity index (χ0v) is 10.5. The summed E-state index contributed by atoms with van der Waals surface area (Å²) in [7, 11) is -3.05. The number of carbonyl (C=O) groups is 2. The molecule has 1 amide bonds. The van der Waals surface area contributed by atoms with Gasteiger partial charge in [-0.25, -0.2) is 8.42 Å². The van der Waals surface area contributed by atoms with Crippen molar-refractivity contribution in [2.45, 2.75) is 19.8 Å². The quantitative estimate of drug-likeness (QED) is 0.706. The molecule has 98 valence electrons. The van der Waals surface area contributed by atoms with Crippen LogP contribution in [0.4, 0.5) is 0 Å². The third-order valence-electron chi connectivity index (χ3n) is 2.75. The van der Waals surface area contributed by atoms with E-state index in [0.717, 1.165) is 0 Å². The fourth-order valence-corrected chi connectivity index (χ4v) is 3.53. The molecule has 7 heteroatoms. The average Bonchev–Trinajstić information content (AvgIpc) is 2.54. The summed E-state index contributed by atoms with van der Waals surface area (Å²) in [4.78, 5) is 22.0. The Morgan fingerprint density at radius 1 is 1.47 bits per heavy atom. The minimum absolute atomic E-state index is 0.0107. The van der Waals surface area contributed by atoms with E-state index in [2.05, 4.69) is 5.32 Å². The van der Waals surface area contributed by atoms with E-state index in [9.17, 15) is 18.0 Å². The zero-order valence-electron chi connectivity index (χ0n) is 9.68. The van der Waals surface area contributed by atoms with Crippen molar-refractivity contribution in [3.63, 3.8) is 0 Å². The molecule has 1 heterocycles. The van der Waals surface area contributed by atoms with Crippen LogP contribution in [0.5, 0.6) is 0 Å². The molecule has 17 heavy (non-hydrogen) atoms. The van der Waals surface area contributed by atoms with Crippen molar-refractivity contribution < 1.29 is 23.1 Å². The molecule has 1 aliphatic heterocycles. The van der Waals surface area contributed by atoms with Gasteiger partial charge in [-0.2, -0.15) is 0 Å². The molecule has 1 aliphatic rings. The molecule has 0 aliphatic carbocycles. The second-order valence-corrected chi connectivity index (χ2v) is 6.78. The van der Waals surface area contributed by atoms with Gasteiger partial charge in [0.2, 0.25) is 5.91 Å². The number of carbonyl (C=O) groups excluding carboxylic acids is 1. The summed E-state index contributed by atoms with van der Waals surface area (Å²) in [5.41, 5.74) is 0. The molecular weight excluding hydrogens is 246 g/mol. The standard InChI is InChI=1S/C10H17NO5S/c1-7(4-9(12)13)5-11-10(14)8-2-3-17(15,16)6-8/h7-8H,2-6H2,1H3,(H,11,14)(H,12,13). The van der Waals surface area contributed by atoms with Crippen molar-refractivity contribution in [2.24, 2.45) is 11.8 Å². The molecule has 0 saturated carbocycles. The lowest BCUT2D eigenvalue weighted by Crippen LogP contribution is -2.34. The average molecular weight is 263 g/mol. The number of aliphatic carboxylic acids is 1. The molecule has 0 aromatic rings. The Labute approximate surface area is 100 Å². The van der Waals surface area contributed by atoms with Crippen LogP contribution in [0.25, 0.3) is 0 Å². The lowest BCUT2D eigenvalue weighted by molar-refractivity contribution is -0.138. The molecule has 1 saturated heterocycles. The van der Waals surface area contributed by atoms with Crippen LogP contribution in [0.2, 0.25) is 0 Å². The first-order chi connectivity index (χ1) is 7.80. The van der Waals surface area contributed by atoms with Crippen molar-refractivity contribution in [3.8, 4) is 0 Å². The molecule has 1 fully saturated rings. The summed E-state index contributed by atoms with van der Waals surface area (Å²) < 4.78 is 22.3. The van der Waals surface area contributed by atoms with Crippen LogP contribution in [-0.4, -0.2) is 43.5 Å². The van der Waals surface area contributed by atoms with E-state index in [1.807, 2.05) is 0 Å².